The number of hydrogen-bond acceptors (Lipinski definition) is 5. The highest BCUT2D eigenvalue weighted by Crippen LogP contribution is 2.39. The van der Waals surface area contributed by atoms with Crippen LogP contribution in [0.4, 0.5) is 13.2 Å². The van der Waals surface area contributed by atoms with Crippen molar-refractivity contribution in [1.82, 2.24) is 19.9 Å². The lowest BCUT2D eigenvalue weighted by Crippen LogP contribution is -2.59. The van der Waals surface area contributed by atoms with Gasteiger partial charge in [0.2, 0.25) is 5.88 Å². The zero-order valence-corrected chi connectivity index (χ0v) is 18.5. The third-order valence-electron chi connectivity index (χ3n) is 6.60. The van der Waals surface area contributed by atoms with Gasteiger partial charge in [-0.05, 0) is 61.9 Å². The zero-order chi connectivity index (χ0) is 23.9. The second-order valence-electron chi connectivity index (χ2n) is 8.81. The number of halogens is 3. The molecule has 2 bridgehead atoms. The maximum atomic E-state index is 13.7. The molecule has 9 heteroatoms. The highest BCUT2D eigenvalue weighted by atomic mass is 19.4. The van der Waals surface area contributed by atoms with Crippen molar-refractivity contribution in [2.45, 2.75) is 44.5 Å². The van der Waals surface area contributed by atoms with Crippen LogP contribution in [0.5, 0.6) is 5.88 Å². The van der Waals surface area contributed by atoms with Gasteiger partial charge in [0, 0.05) is 36.8 Å². The van der Waals surface area contributed by atoms with Gasteiger partial charge >= 0.3 is 6.18 Å². The van der Waals surface area contributed by atoms with Crippen LogP contribution < -0.4 is 4.74 Å². The van der Waals surface area contributed by atoms with E-state index in [9.17, 15) is 18.0 Å². The molecule has 0 aromatic carbocycles. The third kappa shape index (κ3) is 4.22. The Hall–Kier alpha value is -3.49. The molecule has 1 saturated carbocycles. The number of aryl methyl sites for hydroxylation is 1. The number of hydrogen-bond donors (Lipinski definition) is 0. The number of pyridine rings is 3. The summed E-state index contributed by atoms with van der Waals surface area (Å²) < 4.78 is 44.6. The second kappa shape index (κ2) is 8.70. The lowest BCUT2D eigenvalue weighted by molar-refractivity contribution is -0.137. The monoisotopic (exact) mass is 468 g/mol. The molecule has 1 amide bonds. The Labute approximate surface area is 194 Å². The molecule has 3 atom stereocenters. The summed E-state index contributed by atoms with van der Waals surface area (Å²) in [7, 11) is 0. The number of alkyl halides is 3. The van der Waals surface area contributed by atoms with Crippen LogP contribution in [0.1, 0.15) is 40.9 Å². The van der Waals surface area contributed by atoms with E-state index in [0.29, 0.717) is 23.5 Å². The fraction of sp³-hybridized carbons (Fsp3) is 0.360. The van der Waals surface area contributed by atoms with Crippen LogP contribution in [0.15, 0.2) is 55.0 Å². The molecule has 34 heavy (non-hydrogen) atoms. The summed E-state index contributed by atoms with van der Waals surface area (Å²) in [4.78, 5) is 28.2. The molecule has 0 unspecified atom stereocenters. The summed E-state index contributed by atoms with van der Waals surface area (Å²) in [5, 5.41) is 0. The highest BCUT2D eigenvalue weighted by molar-refractivity contribution is 5.99. The molecule has 5 heterocycles. The topological polar surface area (TPSA) is 68.2 Å². The summed E-state index contributed by atoms with van der Waals surface area (Å²) in [6, 6.07) is 9.38. The molecule has 6 nitrogen and oxygen atoms in total. The molecule has 0 N–H and O–H groups in total. The average Bonchev–Trinajstić information content (AvgIpc) is 2.84. The maximum absolute atomic E-state index is 13.7. The van der Waals surface area contributed by atoms with Gasteiger partial charge in [-0.15, -0.1) is 0 Å². The summed E-state index contributed by atoms with van der Waals surface area (Å²) >= 11 is 0. The van der Waals surface area contributed by atoms with Gasteiger partial charge in [-0.25, -0.2) is 4.98 Å². The van der Waals surface area contributed by atoms with Crippen LogP contribution in [-0.4, -0.2) is 44.4 Å². The lowest BCUT2D eigenvalue weighted by Gasteiger charge is -2.49. The maximum Gasteiger partial charge on any atom is 0.417 e. The van der Waals surface area contributed by atoms with Crippen molar-refractivity contribution in [3.05, 3.63) is 71.8 Å². The summed E-state index contributed by atoms with van der Waals surface area (Å²) in [5.41, 5.74) is 1.81. The van der Waals surface area contributed by atoms with Gasteiger partial charge in [0.25, 0.3) is 5.91 Å². The minimum Gasteiger partial charge on any atom is -0.472 e. The Morgan fingerprint density at radius 3 is 2.59 bits per heavy atom. The smallest absolute Gasteiger partial charge is 0.417 e. The number of aromatic nitrogens is 3. The van der Waals surface area contributed by atoms with Gasteiger partial charge in [0.1, 0.15) is 11.8 Å². The molecule has 3 aromatic heterocycles. The lowest BCUT2D eigenvalue weighted by atomic mass is 9.77. The predicted molar refractivity (Wildman–Crippen MR) is 118 cm³/mol. The van der Waals surface area contributed by atoms with Crippen molar-refractivity contribution in [2.75, 3.05) is 6.54 Å². The quantitative estimate of drug-likeness (QED) is 0.543. The van der Waals surface area contributed by atoms with E-state index in [0.717, 1.165) is 37.1 Å². The Morgan fingerprint density at radius 1 is 1.06 bits per heavy atom. The molecular formula is C25H23F3N4O2. The molecular weight excluding hydrogens is 445 g/mol. The van der Waals surface area contributed by atoms with Gasteiger partial charge in [-0.3, -0.25) is 14.8 Å². The Bertz CT molecular complexity index is 1190. The van der Waals surface area contributed by atoms with Gasteiger partial charge in [0.05, 0.1) is 17.3 Å². The average molecular weight is 468 g/mol. The van der Waals surface area contributed by atoms with E-state index in [1.807, 2.05) is 31.2 Å². The Morgan fingerprint density at radius 2 is 1.91 bits per heavy atom. The van der Waals surface area contributed by atoms with Crippen molar-refractivity contribution in [3.8, 4) is 17.1 Å². The molecule has 2 aliphatic heterocycles. The first-order valence-corrected chi connectivity index (χ1v) is 11.2. The number of rotatable bonds is 4. The number of fused-ring (bicyclic) bond motifs is 3. The summed E-state index contributed by atoms with van der Waals surface area (Å²) in [6.45, 7) is 2.52. The number of carbonyl (C=O) groups is 1. The van der Waals surface area contributed by atoms with Gasteiger partial charge in [-0.2, -0.15) is 13.2 Å². The number of carbonyl (C=O) groups excluding carboxylic acids is 1. The zero-order valence-electron chi connectivity index (χ0n) is 18.5. The van der Waals surface area contributed by atoms with Crippen molar-refractivity contribution in [1.29, 1.82) is 0 Å². The van der Waals surface area contributed by atoms with Crippen LogP contribution in [-0.2, 0) is 6.18 Å². The molecule has 176 valence electrons. The minimum absolute atomic E-state index is 0.126. The molecule has 0 radical (unpaired) electrons. The van der Waals surface area contributed by atoms with Crippen molar-refractivity contribution < 1.29 is 22.7 Å². The molecule has 1 aliphatic carbocycles. The first kappa shape index (κ1) is 22.3. The first-order valence-electron chi connectivity index (χ1n) is 11.2. The number of piperidine rings is 2. The second-order valence-corrected chi connectivity index (χ2v) is 8.81. The van der Waals surface area contributed by atoms with Gasteiger partial charge in [0.15, 0.2) is 0 Å². The Kier molecular flexibility index (Phi) is 5.71. The number of ether oxygens (including phenoxy) is 1. The highest BCUT2D eigenvalue weighted by Gasteiger charge is 2.45. The summed E-state index contributed by atoms with van der Waals surface area (Å²) in [6.07, 6.45) is 1.74. The van der Waals surface area contributed by atoms with E-state index in [4.69, 9.17) is 4.74 Å². The van der Waals surface area contributed by atoms with Crippen molar-refractivity contribution >= 4 is 5.91 Å². The molecule has 6 rings (SSSR count). The van der Waals surface area contributed by atoms with Crippen LogP contribution >= 0.6 is 0 Å². The molecule has 3 fully saturated rings. The molecule has 2 saturated heterocycles. The SMILES string of the molecule is Cc1ccnc(C(=O)N2C[C@H]3CC[C@H]2[C@H](Oc2ccc(C(F)(F)F)cn2)C3)c1-c1ccccn1. The fourth-order valence-corrected chi connectivity index (χ4v) is 4.96. The largest absolute Gasteiger partial charge is 0.472 e. The van der Waals surface area contributed by atoms with E-state index in [-0.39, 0.29) is 29.9 Å². The molecule has 3 aromatic rings. The van der Waals surface area contributed by atoms with Crippen LogP contribution in [0, 0.1) is 12.8 Å². The van der Waals surface area contributed by atoms with Crippen molar-refractivity contribution in [2.24, 2.45) is 5.92 Å². The standard InChI is InChI=1S/C25H23F3N4O2/c1-15-9-11-30-23(22(15)18-4-2-3-10-29-18)24(33)32-14-16-5-7-19(32)20(12-16)34-21-8-6-17(13-31-21)25(26,27)28/h2-4,6,8-11,13,16,19-20H,5,7,12,14H2,1H3/t16-,19-,20+/m0/s1. The number of amides is 1. The Balaban J connectivity index is 1.40. The normalized spacial score (nSPS) is 22.0. The van der Waals surface area contributed by atoms with Crippen LogP contribution in [0.3, 0.4) is 0 Å². The van der Waals surface area contributed by atoms with E-state index in [2.05, 4.69) is 15.0 Å². The van der Waals surface area contributed by atoms with E-state index in [1.54, 1.807) is 17.3 Å². The van der Waals surface area contributed by atoms with E-state index in [1.165, 1.54) is 6.07 Å². The third-order valence-corrected chi connectivity index (χ3v) is 6.60. The van der Waals surface area contributed by atoms with E-state index < -0.39 is 11.7 Å². The predicted octanol–water partition coefficient (Wildman–Crippen LogP) is 4.94. The first-order chi connectivity index (χ1) is 16.3. The molecule has 0 spiro atoms. The fourth-order valence-electron chi connectivity index (χ4n) is 4.96. The minimum atomic E-state index is -4.45. The number of nitrogens with zero attached hydrogens (tertiary/aromatic N) is 4. The van der Waals surface area contributed by atoms with Crippen LogP contribution in [0.2, 0.25) is 0 Å². The van der Waals surface area contributed by atoms with Crippen molar-refractivity contribution in [3.63, 3.8) is 0 Å². The van der Waals surface area contributed by atoms with E-state index >= 15 is 0 Å². The van der Waals surface area contributed by atoms with Gasteiger partial charge in [-0.1, -0.05) is 6.07 Å². The summed E-state index contributed by atoms with van der Waals surface area (Å²) in [5.74, 6) is 0.185. The van der Waals surface area contributed by atoms with Crippen LogP contribution in [0.25, 0.3) is 11.3 Å². The van der Waals surface area contributed by atoms with Gasteiger partial charge < -0.3 is 9.64 Å². The molecule has 3 aliphatic rings.